The summed E-state index contributed by atoms with van der Waals surface area (Å²) >= 11 is 0. The molecule has 1 N–H and O–H groups in total. The molecule has 2 nitrogen and oxygen atoms in total. The van der Waals surface area contributed by atoms with Gasteiger partial charge in [-0.25, -0.2) is 0 Å². The zero-order valence-electron chi connectivity index (χ0n) is 5.72. The lowest BCUT2D eigenvalue weighted by molar-refractivity contribution is 0.0758. The molecule has 1 aliphatic rings. The van der Waals surface area contributed by atoms with E-state index in [1.54, 1.807) is 0 Å². The van der Waals surface area contributed by atoms with Crippen molar-refractivity contribution in [2.24, 2.45) is 0 Å². The van der Waals surface area contributed by atoms with Gasteiger partial charge in [0.15, 0.2) is 0 Å². The number of halogens is 1. The quantitative estimate of drug-likeness (QED) is 0.674. The van der Waals surface area contributed by atoms with E-state index in [2.05, 4.69) is 12.2 Å². The molecule has 1 heterocycles. The summed E-state index contributed by atoms with van der Waals surface area (Å²) in [6.07, 6.45) is 1.18. The molecule has 0 saturated carbocycles. The average Bonchev–Trinajstić information content (AvgIpc) is 1.90. The highest BCUT2D eigenvalue weighted by Gasteiger charge is 2.08. The van der Waals surface area contributed by atoms with Crippen LogP contribution in [-0.2, 0) is 4.74 Å². The summed E-state index contributed by atoms with van der Waals surface area (Å²) in [6, 6.07) is 0.615. The van der Waals surface area contributed by atoms with Gasteiger partial charge in [0, 0.05) is 12.6 Å². The summed E-state index contributed by atoms with van der Waals surface area (Å²) in [5.41, 5.74) is 0. The van der Waals surface area contributed by atoms with Crippen molar-refractivity contribution in [3.63, 3.8) is 0 Å². The minimum atomic E-state index is 0. The Hall–Kier alpha value is 0.400. The van der Waals surface area contributed by atoms with Crippen molar-refractivity contribution in [3.8, 4) is 0 Å². The highest BCUT2D eigenvalue weighted by Crippen LogP contribution is 1.95. The maximum absolute atomic E-state index is 5.21. The molecule has 1 fully saturated rings. The normalized spacial score (nSPS) is 27.0. The topological polar surface area (TPSA) is 21.3 Å². The van der Waals surface area contributed by atoms with E-state index < -0.39 is 0 Å². The molecule has 3 heteroatoms. The first kappa shape index (κ1) is 9.40. The molecule has 0 amide bonds. The maximum atomic E-state index is 5.21. The zero-order chi connectivity index (χ0) is 5.82. The summed E-state index contributed by atoms with van der Waals surface area (Å²) in [6.45, 7) is 4.98. The van der Waals surface area contributed by atoms with E-state index in [0.29, 0.717) is 6.04 Å². The third-order valence-corrected chi connectivity index (χ3v) is 1.49. The van der Waals surface area contributed by atoms with E-state index in [9.17, 15) is 0 Å². The Morgan fingerprint density at radius 2 is 2.44 bits per heavy atom. The SMILES string of the molecule is Br.CC[C@H]1COCCN1. The van der Waals surface area contributed by atoms with Crippen molar-refractivity contribution in [2.45, 2.75) is 19.4 Å². The van der Waals surface area contributed by atoms with Gasteiger partial charge in [-0.2, -0.15) is 0 Å². The van der Waals surface area contributed by atoms with Gasteiger partial charge in [-0.1, -0.05) is 6.92 Å². The summed E-state index contributed by atoms with van der Waals surface area (Å²) in [4.78, 5) is 0. The third kappa shape index (κ3) is 3.18. The van der Waals surface area contributed by atoms with Crippen molar-refractivity contribution < 1.29 is 4.74 Å². The molecule has 0 aromatic carbocycles. The lowest BCUT2D eigenvalue weighted by atomic mass is 10.2. The van der Waals surface area contributed by atoms with Gasteiger partial charge >= 0.3 is 0 Å². The molecule has 1 aliphatic heterocycles. The van der Waals surface area contributed by atoms with Crippen LogP contribution in [0, 0.1) is 0 Å². The molecule has 1 saturated heterocycles. The smallest absolute Gasteiger partial charge is 0.0620 e. The molecule has 0 unspecified atom stereocenters. The molecular weight excluding hydrogens is 182 g/mol. The van der Waals surface area contributed by atoms with Crippen molar-refractivity contribution >= 4 is 17.0 Å². The lowest BCUT2D eigenvalue weighted by Crippen LogP contribution is -2.40. The summed E-state index contributed by atoms with van der Waals surface area (Å²) in [7, 11) is 0. The van der Waals surface area contributed by atoms with Crippen molar-refractivity contribution in [3.05, 3.63) is 0 Å². The van der Waals surface area contributed by atoms with Gasteiger partial charge in [0.1, 0.15) is 0 Å². The van der Waals surface area contributed by atoms with E-state index in [1.807, 2.05) is 0 Å². The first-order valence-corrected chi connectivity index (χ1v) is 3.24. The van der Waals surface area contributed by atoms with Crippen LogP contribution in [0.3, 0.4) is 0 Å². The Balaban J connectivity index is 0.000000640. The van der Waals surface area contributed by atoms with E-state index in [4.69, 9.17) is 4.74 Å². The van der Waals surface area contributed by atoms with Crippen LogP contribution in [0.1, 0.15) is 13.3 Å². The minimum Gasteiger partial charge on any atom is -0.379 e. The van der Waals surface area contributed by atoms with Crippen molar-refractivity contribution in [1.29, 1.82) is 0 Å². The molecule has 9 heavy (non-hydrogen) atoms. The van der Waals surface area contributed by atoms with Crippen LogP contribution >= 0.6 is 17.0 Å². The monoisotopic (exact) mass is 195 g/mol. The van der Waals surface area contributed by atoms with Gasteiger partial charge in [0.25, 0.3) is 0 Å². The first-order chi connectivity index (χ1) is 3.93. The van der Waals surface area contributed by atoms with Gasteiger partial charge in [0.05, 0.1) is 13.2 Å². The van der Waals surface area contributed by atoms with Gasteiger partial charge in [-0.05, 0) is 6.42 Å². The fourth-order valence-electron chi connectivity index (χ4n) is 0.882. The molecule has 0 bridgehead atoms. The fraction of sp³-hybridized carbons (Fsp3) is 1.00. The average molecular weight is 196 g/mol. The van der Waals surface area contributed by atoms with Gasteiger partial charge in [-0.15, -0.1) is 17.0 Å². The Morgan fingerprint density at radius 1 is 1.67 bits per heavy atom. The van der Waals surface area contributed by atoms with E-state index in [0.717, 1.165) is 19.8 Å². The first-order valence-electron chi connectivity index (χ1n) is 3.24. The second-order valence-electron chi connectivity index (χ2n) is 2.13. The molecule has 1 atom stereocenters. The summed E-state index contributed by atoms with van der Waals surface area (Å²) < 4.78 is 5.21. The second-order valence-corrected chi connectivity index (χ2v) is 2.13. The Labute approximate surface area is 66.7 Å². The third-order valence-electron chi connectivity index (χ3n) is 1.49. The highest BCUT2D eigenvalue weighted by atomic mass is 79.9. The Bertz CT molecular complexity index is 64.1. The number of ether oxygens (including phenoxy) is 1. The Kier molecular flexibility index (Phi) is 5.44. The fourth-order valence-corrected chi connectivity index (χ4v) is 0.882. The van der Waals surface area contributed by atoms with Gasteiger partial charge in [0.2, 0.25) is 0 Å². The van der Waals surface area contributed by atoms with Crippen LogP contribution in [-0.4, -0.2) is 25.8 Å². The highest BCUT2D eigenvalue weighted by molar-refractivity contribution is 8.93. The number of rotatable bonds is 1. The molecule has 0 aliphatic carbocycles. The van der Waals surface area contributed by atoms with E-state index in [-0.39, 0.29) is 17.0 Å². The molecule has 0 aromatic rings. The van der Waals surface area contributed by atoms with Gasteiger partial charge < -0.3 is 10.1 Å². The van der Waals surface area contributed by atoms with Crippen LogP contribution in [0.5, 0.6) is 0 Å². The van der Waals surface area contributed by atoms with Crippen LogP contribution in [0.2, 0.25) is 0 Å². The summed E-state index contributed by atoms with van der Waals surface area (Å²) in [5.74, 6) is 0. The van der Waals surface area contributed by atoms with Crippen LogP contribution in [0.25, 0.3) is 0 Å². The van der Waals surface area contributed by atoms with Crippen LogP contribution < -0.4 is 5.32 Å². The number of nitrogens with one attached hydrogen (secondary N) is 1. The van der Waals surface area contributed by atoms with E-state index >= 15 is 0 Å². The van der Waals surface area contributed by atoms with Crippen molar-refractivity contribution in [1.82, 2.24) is 5.32 Å². The zero-order valence-corrected chi connectivity index (χ0v) is 7.44. The number of hydrogen-bond donors (Lipinski definition) is 1. The standard InChI is InChI=1S/C6H13NO.BrH/c1-2-6-5-8-4-3-7-6;/h6-7H,2-5H2,1H3;1H/t6-;/m0./s1. The molecule has 56 valence electrons. The molecule has 1 rings (SSSR count). The lowest BCUT2D eigenvalue weighted by Gasteiger charge is -2.21. The number of morpholine rings is 1. The van der Waals surface area contributed by atoms with Crippen LogP contribution in [0.15, 0.2) is 0 Å². The number of hydrogen-bond acceptors (Lipinski definition) is 2. The van der Waals surface area contributed by atoms with Gasteiger partial charge in [-0.3, -0.25) is 0 Å². The van der Waals surface area contributed by atoms with E-state index in [1.165, 1.54) is 6.42 Å². The molecule has 0 radical (unpaired) electrons. The molecular formula is C6H14BrNO. The predicted molar refractivity (Wildman–Crippen MR) is 43.2 cm³/mol. The minimum absolute atomic E-state index is 0. The summed E-state index contributed by atoms with van der Waals surface area (Å²) in [5, 5.41) is 3.34. The Morgan fingerprint density at radius 3 is 2.78 bits per heavy atom. The molecule has 0 aromatic heterocycles. The predicted octanol–water partition coefficient (Wildman–Crippen LogP) is 0.963. The largest absolute Gasteiger partial charge is 0.379 e. The second kappa shape index (κ2) is 5.21. The maximum Gasteiger partial charge on any atom is 0.0620 e. The molecule has 0 spiro atoms. The van der Waals surface area contributed by atoms with Crippen LogP contribution in [0.4, 0.5) is 0 Å². The van der Waals surface area contributed by atoms with Crippen molar-refractivity contribution in [2.75, 3.05) is 19.8 Å².